The number of hydrogen-bond acceptors (Lipinski definition) is 3. The molecule has 0 saturated heterocycles. The first kappa shape index (κ1) is 36.4. The van der Waals surface area contributed by atoms with Gasteiger partial charge in [-0.05, 0) is 121 Å². The van der Waals surface area contributed by atoms with Gasteiger partial charge >= 0.3 is 0 Å². The molecule has 0 saturated carbocycles. The summed E-state index contributed by atoms with van der Waals surface area (Å²) >= 11 is 1.85. The number of aromatic nitrogens is 2. The summed E-state index contributed by atoms with van der Waals surface area (Å²) in [5.41, 5.74) is 17.2. The highest BCUT2D eigenvalue weighted by Crippen LogP contribution is 2.50. The van der Waals surface area contributed by atoms with Crippen molar-refractivity contribution in [1.82, 2.24) is 9.97 Å². The quantitative estimate of drug-likeness (QED) is 0.167. The number of hydrogen-bond donors (Lipinski definition) is 0. The summed E-state index contributed by atoms with van der Waals surface area (Å²) in [7, 11) is 0. The summed E-state index contributed by atoms with van der Waals surface area (Å²) in [4.78, 5) is 10.6. The zero-order valence-electron chi connectivity index (χ0n) is 34.4. The van der Waals surface area contributed by atoms with Crippen LogP contribution in [0.1, 0.15) is 25.0 Å². The number of thiophene rings is 1. The molecule has 0 bridgehead atoms. The number of rotatable bonds is 6. The van der Waals surface area contributed by atoms with Crippen molar-refractivity contribution in [2.45, 2.75) is 19.3 Å². The van der Waals surface area contributed by atoms with E-state index in [2.05, 4.69) is 214 Å². The summed E-state index contributed by atoms with van der Waals surface area (Å²) in [5.74, 6) is 0.697. The Morgan fingerprint density at radius 2 is 0.919 bits per heavy atom. The molecule has 2 nitrogen and oxygen atoms in total. The molecule has 9 aromatic carbocycles. The number of benzene rings is 9. The van der Waals surface area contributed by atoms with Crippen molar-refractivity contribution in [3.63, 3.8) is 0 Å². The van der Waals surface area contributed by atoms with E-state index in [4.69, 9.17) is 9.97 Å². The first-order chi connectivity index (χ1) is 30.4. The minimum Gasteiger partial charge on any atom is -0.228 e. The maximum atomic E-state index is 5.36. The fraction of sp³-hybridized carbons (Fsp3) is 0.0508. The van der Waals surface area contributed by atoms with E-state index < -0.39 is 0 Å². The third kappa shape index (κ3) is 6.08. The lowest BCUT2D eigenvalue weighted by molar-refractivity contribution is 0.660. The van der Waals surface area contributed by atoms with Crippen molar-refractivity contribution in [2.75, 3.05) is 0 Å². The molecular weight excluding hydrogens is 769 g/mol. The molecule has 1 aliphatic carbocycles. The fourth-order valence-electron chi connectivity index (χ4n) is 9.70. The lowest BCUT2D eigenvalue weighted by Crippen LogP contribution is -2.14. The Kier molecular flexibility index (Phi) is 8.41. The second-order valence-electron chi connectivity index (χ2n) is 17.0. The zero-order chi connectivity index (χ0) is 41.4. The van der Waals surface area contributed by atoms with Gasteiger partial charge in [-0.15, -0.1) is 11.3 Å². The summed E-state index contributed by atoms with van der Waals surface area (Å²) in [6.45, 7) is 4.67. The van der Waals surface area contributed by atoms with Crippen molar-refractivity contribution in [3.8, 4) is 78.4 Å². The van der Waals surface area contributed by atoms with E-state index in [1.807, 2.05) is 17.4 Å². The van der Waals surface area contributed by atoms with Gasteiger partial charge in [0, 0.05) is 42.3 Å². The van der Waals surface area contributed by atoms with Gasteiger partial charge in [0.2, 0.25) is 0 Å². The van der Waals surface area contributed by atoms with Crippen LogP contribution in [0.5, 0.6) is 0 Å². The van der Waals surface area contributed by atoms with Gasteiger partial charge in [-0.2, -0.15) is 0 Å². The largest absolute Gasteiger partial charge is 0.228 e. The van der Waals surface area contributed by atoms with E-state index in [-0.39, 0.29) is 5.41 Å². The molecule has 0 N–H and O–H groups in total. The molecule has 1 aliphatic rings. The van der Waals surface area contributed by atoms with Crippen LogP contribution in [0.2, 0.25) is 0 Å². The van der Waals surface area contributed by atoms with Crippen LogP contribution in [0.25, 0.3) is 109 Å². The Bertz CT molecular complexity index is 3550. The molecule has 0 atom stereocenters. The topological polar surface area (TPSA) is 25.8 Å². The van der Waals surface area contributed by atoms with Crippen LogP contribution in [-0.4, -0.2) is 9.97 Å². The van der Waals surface area contributed by atoms with Gasteiger partial charge in [0.1, 0.15) is 0 Å². The Morgan fingerprint density at radius 3 is 1.82 bits per heavy atom. The first-order valence-electron chi connectivity index (χ1n) is 21.3. The Morgan fingerprint density at radius 1 is 0.339 bits per heavy atom. The second kappa shape index (κ2) is 14.3. The van der Waals surface area contributed by atoms with E-state index in [1.165, 1.54) is 69.9 Å². The van der Waals surface area contributed by atoms with E-state index in [1.54, 1.807) is 0 Å². The Hall–Kier alpha value is -7.46. The van der Waals surface area contributed by atoms with Gasteiger partial charge in [0.05, 0.1) is 11.4 Å². The second-order valence-corrected chi connectivity index (χ2v) is 18.1. The molecule has 0 radical (unpaired) electrons. The third-order valence-corrected chi connectivity index (χ3v) is 14.0. The highest BCUT2D eigenvalue weighted by atomic mass is 32.1. The normalized spacial score (nSPS) is 12.8. The number of fused-ring (bicyclic) bond motifs is 7. The summed E-state index contributed by atoms with van der Waals surface area (Å²) in [5, 5.41) is 5.02. The Balaban J connectivity index is 1.04. The zero-order valence-corrected chi connectivity index (χ0v) is 35.2. The third-order valence-electron chi connectivity index (χ3n) is 12.9. The molecule has 11 aromatic rings. The van der Waals surface area contributed by atoms with Crippen molar-refractivity contribution in [2.24, 2.45) is 0 Å². The van der Waals surface area contributed by atoms with Gasteiger partial charge in [-0.25, -0.2) is 9.97 Å². The van der Waals surface area contributed by atoms with Gasteiger partial charge in [-0.3, -0.25) is 0 Å². The maximum absolute atomic E-state index is 5.36. The minimum atomic E-state index is -0.0344. The van der Waals surface area contributed by atoms with Gasteiger partial charge < -0.3 is 0 Å². The van der Waals surface area contributed by atoms with Gasteiger partial charge in [-0.1, -0.05) is 166 Å². The SMILES string of the molecule is CC1(C)c2ccccc2-c2cc(-c3cccc(-c4cc(-c5cc(-c6ccc7sc8ccccc8c7c6)cc(-c6cccc7ccccc67)c5)nc(-c5ccccc5)n4)c3)ccc21. The number of nitrogens with zero attached hydrogens (tertiary/aromatic N) is 2. The lowest BCUT2D eigenvalue weighted by atomic mass is 9.82. The van der Waals surface area contributed by atoms with Crippen LogP contribution in [-0.2, 0) is 5.41 Å². The molecule has 0 aliphatic heterocycles. The van der Waals surface area contributed by atoms with E-state index in [0.717, 1.165) is 44.8 Å². The fourth-order valence-corrected chi connectivity index (χ4v) is 10.8. The predicted molar refractivity (Wildman–Crippen MR) is 263 cm³/mol. The van der Waals surface area contributed by atoms with Crippen molar-refractivity contribution in [3.05, 3.63) is 217 Å². The van der Waals surface area contributed by atoms with E-state index in [9.17, 15) is 0 Å². The molecule has 0 spiro atoms. The molecule has 3 heteroatoms. The van der Waals surface area contributed by atoms with Crippen LogP contribution < -0.4 is 0 Å². The van der Waals surface area contributed by atoms with Crippen molar-refractivity contribution >= 4 is 42.3 Å². The summed E-state index contributed by atoms with van der Waals surface area (Å²) in [6.07, 6.45) is 0. The van der Waals surface area contributed by atoms with Crippen LogP contribution in [0.15, 0.2) is 206 Å². The van der Waals surface area contributed by atoms with Crippen molar-refractivity contribution in [1.29, 1.82) is 0 Å². The molecule has 2 heterocycles. The van der Waals surface area contributed by atoms with Crippen LogP contribution in [0.3, 0.4) is 0 Å². The molecule has 0 unspecified atom stereocenters. The average molecular weight is 809 g/mol. The smallest absolute Gasteiger partial charge is 0.160 e. The highest BCUT2D eigenvalue weighted by molar-refractivity contribution is 7.25. The summed E-state index contributed by atoms with van der Waals surface area (Å²) in [6, 6.07) is 75.1. The summed E-state index contributed by atoms with van der Waals surface area (Å²) < 4.78 is 2.60. The minimum absolute atomic E-state index is 0.0344. The predicted octanol–water partition coefficient (Wildman–Crippen LogP) is 16.3. The van der Waals surface area contributed by atoms with E-state index >= 15 is 0 Å². The van der Waals surface area contributed by atoms with E-state index in [0.29, 0.717) is 5.82 Å². The van der Waals surface area contributed by atoms with Gasteiger partial charge in [0.25, 0.3) is 0 Å². The molecule has 12 rings (SSSR count). The molecule has 0 fully saturated rings. The molecule has 2 aromatic heterocycles. The van der Waals surface area contributed by atoms with Crippen LogP contribution in [0, 0.1) is 0 Å². The molecule has 62 heavy (non-hydrogen) atoms. The molecular formula is C59H40N2S. The first-order valence-corrected chi connectivity index (χ1v) is 22.1. The van der Waals surface area contributed by atoms with Crippen LogP contribution in [0.4, 0.5) is 0 Å². The Labute approximate surface area is 365 Å². The molecule has 292 valence electrons. The lowest BCUT2D eigenvalue weighted by Gasteiger charge is -2.21. The molecule has 0 amide bonds. The monoisotopic (exact) mass is 808 g/mol. The van der Waals surface area contributed by atoms with Gasteiger partial charge in [0.15, 0.2) is 5.82 Å². The average Bonchev–Trinajstić information content (AvgIpc) is 3.82. The van der Waals surface area contributed by atoms with Crippen molar-refractivity contribution < 1.29 is 0 Å². The maximum Gasteiger partial charge on any atom is 0.160 e. The highest BCUT2D eigenvalue weighted by Gasteiger charge is 2.35. The standard InChI is InChI=1S/C59H40N2S/c1-59(2)52-24-10-8-21-48(52)50-34-40(26-28-53(50)59)39-18-12-19-42(30-39)54-36-55(61-58(60-54)38-15-4-3-5-16-38)45-32-43(31-44(33-45)47-23-13-17-37-14-6-7-20-46(37)47)41-27-29-57-51(35-41)49-22-9-11-25-56(49)62-57/h3-36H,1-2H3. The van der Waals surface area contributed by atoms with Crippen LogP contribution >= 0.6 is 11.3 Å².